The number of halogens is 6. The van der Waals surface area contributed by atoms with Crippen LogP contribution in [0.2, 0.25) is 0 Å². The average Bonchev–Trinajstić information content (AvgIpc) is 3.13. The van der Waals surface area contributed by atoms with Gasteiger partial charge in [-0.15, -0.1) is 13.2 Å². The van der Waals surface area contributed by atoms with Crippen LogP contribution in [0.25, 0.3) is 0 Å². The summed E-state index contributed by atoms with van der Waals surface area (Å²) in [6, 6.07) is 6.32. The molecule has 2 atom stereocenters. The molecule has 1 aromatic heterocycles. The lowest BCUT2D eigenvalue weighted by Gasteiger charge is -2.20. The van der Waals surface area contributed by atoms with Crippen molar-refractivity contribution in [3.8, 4) is 11.5 Å². The van der Waals surface area contributed by atoms with Crippen molar-refractivity contribution in [2.45, 2.75) is 18.3 Å². The first kappa shape index (κ1) is 25.8. The van der Waals surface area contributed by atoms with Crippen LogP contribution < -0.4 is 19.7 Å². The monoisotopic (exact) mass is 525 g/mol. The van der Waals surface area contributed by atoms with E-state index in [-0.39, 0.29) is 11.3 Å². The number of aromatic nitrogens is 1. The fraction of sp³-hybridized carbons (Fsp3) is 0.208. The summed E-state index contributed by atoms with van der Waals surface area (Å²) in [4.78, 5) is 30.8. The highest BCUT2D eigenvalue weighted by atomic mass is 19.4. The van der Waals surface area contributed by atoms with Crippen molar-refractivity contribution in [3.05, 3.63) is 83.3 Å². The number of hydrogen-bond donors (Lipinski definition) is 1. The predicted octanol–water partition coefficient (Wildman–Crippen LogP) is 4.34. The molecular weight excluding hydrogens is 508 g/mol. The third-order valence-electron chi connectivity index (χ3n) is 5.60. The number of carbonyl (C=O) groups is 2. The second-order valence-electron chi connectivity index (χ2n) is 7.89. The lowest BCUT2D eigenvalue weighted by molar-refractivity contribution is -0.274. The summed E-state index contributed by atoms with van der Waals surface area (Å²) >= 11 is 0. The zero-order chi connectivity index (χ0) is 26.9. The van der Waals surface area contributed by atoms with Crippen LogP contribution in [-0.4, -0.2) is 42.9 Å². The topological polar surface area (TPSA) is 80.8 Å². The average molecular weight is 525 g/mol. The lowest BCUT2D eigenvalue weighted by atomic mass is 9.92. The predicted molar refractivity (Wildman–Crippen MR) is 117 cm³/mol. The van der Waals surface area contributed by atoms with Gasteiger partial charge in [0.05, 0.1) is 7.11 Å². The Hall–Kier alpha value is -4.29. The fourth-order valence-corrected chi connectivity index (χ4v) is 3.98. The highest BCUT2D eigenvalue weighted by Gasteiger charge is 2.46. The Kier molecular flexibility index (Phi) is 6.96. The van der Waals surface area contributed by atoms with Crippen LogP contribution in [0.1, 0.15) is 21.8 Å². The number of anilines is 1. The Bertz CT molecular complexity index is 1310. The zero-order valence-corrected chi connectivity index (χ0v) is 18.9. The smallest absolute Gasteiger partial charge is 0.497 e. The van der Waals surface area contributed by atoms with Gasteiger partial charge in [0.2, 0.25) is 0 Å². The summed E-state index contributed by atoms with van der Waals surface area (Å²) < 4.78 is 90.1. The molecule has 194 valence electrons. The van der Waals surface area contributed by atoms with Gasteiger partial charge in [0.1, 0.15) is 29.2 Å². The van der Waals surface area contributed by atoms with E-state index in [9.17, 15) is 35.9 Å². The summed E-state index contributed by atoms with van der Waals surface area (Å²) in [6.45, 7) is -0.434. The molecule has 0 radical (unpaired) electrons. The van der Waals surface area contributed by atoms with Gasteiger partial charge in [-0.3, -0.25) is 14.5 Å². The lowest BCUT2D eigenvalue weighted by Crippen LogP contribution is -2.44. The SMILES string of the molecule is COc1cc(F)c([C@@H]2CN(c3ncccc3F)C(=O)[C@H]2NC(=O)c2ccc(OC(F)(F)F)cc2)c(F)c1. The number of rotatable bonds is 6. The number of carbonyl (C=O) groups excluding carboxylic acids is 2. The molecule has 0 saturated carbocycles. The number of alkyl halides is 3. The molecule has 13 heteroatoms. The number of hydrogen-bond acceptors (Lipinski definition) is 5. The minimum absolute atomic E-state index is 0.127. The van der Waals surface area contributed by atoms with E-state index in [2.05, 4.69) is 15.0 Å². The third-order valence-corrected chi connectivity index (χ3v) is 5.60. The fourth-order valence-electron chi connectivity index (χ4n) is 3.98. The first-order valence-electron chi connectivity index (χ1n) is 10.6. The van der Waals surface area contributed by atoms with Crippen molar-refractivity contribution in [2.75, 3.05) is 18.6 Å². The molecule has 0 unspecified atom stereocenters. The zero-order valence-electron chi connectivity index (χ0n) is 18.9. The van der Waals surface area contributed by atoms with Crippen LogP contribution >= 0.6 is 0 Å². The molecule has 2 heterocycles. The number of nitrogens with one attached hydrogen (secondary N) is 1. The molecule has 0 bridgehead atoms. The van der Waals surface area contributed by atoms with Crippen molar-refractivity contribution in [1.82, 2.24) is 10.3 Å². The van der Waals surface area contributed by atoms with Crippen molar-refractivity contribution >= 4 is 17.6 Å². The molecule has 1 N–H and O–H groups in total. The summed E-state index contributed by atoms with van der Waals surface area (Å²) in [7, 11) is 1.20. The molecule has 1 saturated heterocycles. The van der Waals surface area contributed by atoms with Gasteiger partial charge >= 0.3 is 6.36 Å². The van der Waals surface area contributed by atoms with E-state index in [1.165, 1.54) is 19.4 Å². The van der Waals surface area contributed by atoms with Gasteiger partial charge in [-0.2, -0.15) is 0 Å². The van der Waals surface area contributed by atoms with Crippen molar-refractivity contribution in [2.24, 2.45) is 0 Å². The van der Waals surface area contributed by atoms with Gasteiger partial charge in [0, 0.05) is 41.9 Å². The van der Waals surface area contributed by atoms with Crippen molar-refractivity contribution in [3.63, 3.8) is 0 Å². The maximum atomic E-state index is 14.9. The second-order valence-corrected chi connectivity index (χ2v) is 7.89. The Labute approximate surface area is 205 Å². The molecule has 2 aromatic carbocycles. The van der Waals surface area contributed by atoms with Gasteiger partial charge in [0.25, 0.3) is 11.8 Å². The van der Waals surface area contributed by atoms with E-state index < -0.39 is 71.3 Å². The first-order valence-corrected chi connectivity index (χ1v) is 10.6. The van der Waals surface area contributed by atoms with E-state index in [1.807, 2.05) is 0 Å². The van der Waals surface area contributed by atoms with Crippen LogP contribution in [0.5, 0.6) is 11.5 Å². The summed E-state index contributed by atoms with van der Waals surface area (Å²) in [5.74, 6) is -7.28. The van der Waals surface area contributed by atoms with Crippen molar-refractivity contribution < 1.29 is 45.4 Å². The molecular formula is C24H17F6N3O4. The maximum absolute atomic E-state index is 14.9. The Morgan fingerprint density at radius 1 is 1.03 bits per heavy atom. The molecule has 0 aliphatic carbocycles. The van der Waals surface area contributed by atoms with Crippen molar-refractivity contribution in [1.29, 1.82) is 0 Å². The molecule has 37 heavy (non-hydrogen) atoms. The van der Waals surface area contributed by atoms with Crippen LogP contribution in [-0.2, 0) is 4.79 Å². The minimum atomic E-state index is -4.94. The van der Waals surface area contributed by atoms with Gasteiger partial charge in [-0.05, 0) is 36.4 Å². The van der Waals surface area contributed by atoms with E-state index in [4.69, 9.17) is 4.74 Å². The number of nitrogens with zero attached hydrogens (tertiary/aromatic N) is 2. The van der Waals surface area contributed by atoms with E-state index in [0.717, 1.165) is 47.4 Å². The first-order chi connectivity index (χ1) is 17.5. The summed E-state index contributed by atoms with van der Waals surface area (Å²) in [5, 5.41) is 2.36. The number of amides is 2. The summed E-state index contributed by atoms with van der Waals surface area (Å²) in [6.07, 6.45) is -3.73. The van der Waals surface area contributed by atoms with Crippen LogP contribution in [0.3, 0.4) is 0 Å². The summed E-state index contributed by atoms with van der Waals surface area (Å²) in [5.41, 5.74) is -0.716. The largest absolute Gasteiger partial charge is 0.573 e. The minimum Gasteiger partial charge on any atom is -0.497 e. The number of methoxy groups -OCH3 is 1. The molecule has 2 amide bonds. The molecule has 1 fully saturated rings. The highest BCUT2D eigenvalue weighted by Crippen LogP contribution is 2.36. The Morgan fingerprint density at radius 3 is 2.24 bits per heavy atom. The van der Waals surface area contributed by atoms with E-state index >= 15 is 0 Å². The van der Waals surface area contributed by atoms with E-state index in [0.29, 0.717) is 0 Å². The second kappa shape index (κ2) is 9.99. The third kappa shape index (κ3) is 5.44. The van der Waals surface area contributed by atoms with E-state index in [1.54, 1.807) is 0 Å². The Balaban J connectivity index is 1.68. The normalized spacial score (nSPS) is 17.6. The highest BCUT2D eigenvalue weighted by molar-refractivity contribution is 6.04. The quantitative estimate of drug-likeness (QED) is 0.485. The molecule has 7 nitrogen and oxygen atoms in total. The van der Waals surface area contributed by atoms with Crippen LogP contribution in [0, 0.1) is 17.5 Å². The standard InChI is InChI=1S/C24H17F6N3O4/c1-36-14-9-17(26)19(18(27)10-14)15-11-33(21-16(25)3-2-8-31-21)23(35)20(15)32-22(34)12-4-6-13(7-5-12)37-24(28,29)30/h2-10,15,20H,11H2,1H3,(H,32,34)/t15-,20-/m0/s1. The van der Waals surface area contributed by atoms with Gasteiger partial charge in [-0.25, -0.2) is 18.2 Å². The molecule has 1 aliphatic rings. The van der Waals surface area contributed by atoms with Gasteiger partial charge in [-0.1, -0.05) is 0 Å². The molecule has 0 spiro atoms. The molecule has 1 aliphatic heterocycles. The maximum Gasteiger partial charge on any atom is 0.573 e. The van der Waals surface area contributed by atoms with Crippen LogP contribution in [0.15, 0.2) is 54.7 Å². The Morgan fingerprint density at radius 2 is 1.68 bits per heavy atom. The number of pyridine rings is 1. The molecule has 4 rings (SSSR count). The number of ether oxygens (including phenoxy) is 2. The van der Waals surface area contributed by atoms with Gasteiger partial charge in [0.15, 0.2) is 11.6 Å². The molecule has 3 aromatic rings. The number of benzene rings is 2. The van der Waals surface area contributed by atoms with Crippen LogP contribution in [0.4, 0.5) is 32.2 Å². The van der Waals surface area contributed by atoms with Gasteiger partial charge < -0.3 is 14.8 Å².